The van der Waals surface area contributed by atoms with Gasteiger partial charge in [-0.25, -0.2) is 5.48 Å². The Labute approximate surface area is 187 Å². The van der Waals surface area contributed by atoms with E-state index in [-0.39, 0.29) is 18.0 Å². The number of benzene rings is 2. The molecule has 32 heavy (non-hydrogen) atoms. The maximum Gasteiger partial charge on any atom is 0.268 e. The van der Waals surface area contributed by atoms with E-state index in [0.717, 1.165) is 11.1 Å². The number of aliphatic hydroxyl groups excluding tert-OH is 1. The Morgan fingerprint density at radius 2 is 1.47 bits per heavy atom. The van der Waals surface area contributed by atoms with Gasteiger partial charge in [0.25, 0.3) is 11.8 Å². The molecule has 9 heteroatoms. The number of nitrogens with one attached hydrogen (secondary N) is 4. The predicted molar refractivity (Wildman–Crippen MR) is 121 cm³/mol. The minimum atomic E-state index is -1.28. The lowest BCUT2D eigenvalue weighted by atomic mass is 10.0. The van der Waals surface area contributed by atoms with Gasteiger partial charge < -0.3 is 21.1 Å². The van der Waals surface area contributed by atoms with Gasteiger partial charge in [0.05, 0.1) is 12.6 Å². The van der Waals surface area contributed by atoms with Crippen molar-refractivity contribution in [3.8, 4) is 11.1 Å². The average Bonchev–Trinajstić information content (AvgIpc) is 2.75. The molecule has 3 amide bonds. The molecule has 2 aromatic rings. The standard InChI is InChI=1S/C23H30N4O5/c1-14(28)20(22(31)27-32)26-21(30)17-7-5-15(6-8-17)16-9-11-18(12-10-16)25-19(29)13-24-23(2,3)4/h5-12,14,20,24,28,32H,13H2,1-4H3,(H,25,29)(H,26,30)(H,27,31)/t14-,20+/m1/s1. The molecule has 0 saturated heterocycles. The molecule has 6 N–H and O–H groups in total. The Morgan fingerprint density at radius 1 is 0.938 bits per heavy atom. The lowest BCUT2D eigenvalue weighted by molar-refractivity contribution is -0.133. The van der Waals surface area contributed by atoms with Gasteiger partial charge >= 0.3 is 0 Å². The van der Waals surface area contributed by atoms with Crippen molar-refractivity contribution < 1.29 is 24.7 Å². The number of amides is 3. The molecular weight excluding hydrogens is 412 g/mol. The average molecular weight is 443 g/mol. The second-order valence-electron chi connectivity index (χ2n) is 8.47. The third-order valence-corrected chi connectivity index (χ3v) is 4.59. The van der Waals surface area contributed by atoms with E-state index >= 15 is 0 Å². The first-order valence-corrected chi connectivity index (χ1v) is 10.2. The van der Waals surface area contributed by atoms with E-state index in [0.29, 0.717) is 11.3 Å². The monoisotopic (exact) mass is 442 g/mol. The van der Waals surface area contributed by atoms with E-state index in [1.165, 1.54) is 12.4 Å². The molecule has 0 radical (unpaired) electrons. The van der Waals surface area contributed by atoms with Crippen molar-refractivity contribution in [1.29, 1.82) is 0 Å². The first-order valence-electron chi connectivity index (χ1n) is 10.2. The fourth-order valence-electron chi connectivity index (χ4n) is 2.81. The van der Waals surface area contributed by atoms with Crippen molar-refractivity contribution >= 4 is 23.4 Å². The zero-order valence-corrected chi connectivity index (χ0v) is 18.6. The summed E-state index contributed by atoms with van der Waals surface area (Å²) in [6.07, 6.45) is -1.19. The van der Waals surface area contributed by atoms with Crippen molar-refractivity contribution in [3.05, 3.63) is 54.1 Å². The minimum Gasteiger partial charge on any atom is -0.391 e. The molecule has 0 fully saturated rings. The zero-order chi connectivity index (χ0) is 23.9. The normalized spacial score (nSPS) is 13.1. The maximum absolute atomic E-state index is 12.4. The molecule has 172 valence electrons. The molecule has 0 bridgehead atoms. The molecule has 0 aliphatic carbocycles. The SMILES string of the molecule is C[C@@H](O)[C@H](NC(=O)c1ccc(-c2ccc(NC(=O)CNC(C)(C)C)cc2)cc1)C(=O)NO. The summed E-state index contributed by atoms with van der Waals surface area (Å²) >= 11 is 0. The van der Waals surface area contributed by atoms with Crippen LogP contribution < -0.4 is 21.4 Å². The molecule has 2 atom stereocenters. The Hall–Kier alpha value is -3.27. The van der Waals surface area contributed by atoms with Crippen molar-refractivity contribution in [3.63, 3.8) is 0 Å². The molecule has 0 unspecified atom stereocenters. The number of aliphatic hydroxyl groups is 1. The summed E-state index contributed by atoms with van der Waals surface area (Å²) < 4.78 is 0. The van der Waals surface area contributed by atoms with Crippen molar-refractivity contribution in [2.45, 2.75) is 45.4 Å². The van der Waals surface area contributed by atoms with Gasteiger partial charge in [-0.1, -0.05) is 24.3 Å². The van der Waals surface area contributed by atoms with Gasteiger partial charge in [-0.15, -0.1) is 0 Å². The third kappa shape index (κ3) is 7.45. The number of hydrogen-bond acceptors (Lipinski definition) is 6. The molecule has 9 nitrogen and oxygen atoms in total. The van der Waals surface area contributed by atoms with Crippen LogP contribution in [-0.4, -0.2) is 52.3 Å². The molecule has 0 heterocycles. The number of hydroxylamine groups is 1. The van der Waals surface area contributed by atoms with Gasteiger partial charge in [0.15, 0.2) is 0 Å². The Balaban J connectivity index is 2.01. The summed E-state index contributed by atoms with van der Waals surface area (Å²) in [6, 6.07) is 12.7. The Bertz CT molecular complexity index is 934. The number of carbonyl (C=O) groups is 3. The van der Waals surface area contributed by atoms with E-state index in [1.54, 1.807) is 36.4 Å². The quantitative estimate of drug-likeness (QED) is 0.271. The largest absolute Gasteiger partial charge is 0.391 e. The highest BCUT2D eigenvalue weighted by atomic mass is 16.5. The van der Waals surface area contributed by atoms with Crippen LogP contribution in [0.15, 0.2) is 48.5 Å². The summed E-state index contributed by atoms with van der Waals surface area (Å²) in [5, 5.41) is 26.7. The van der Waals surface area contributed by atoms with E-state index < -0.39 is 24.0 Å². The molecule has 2 aromatic carbocycles. The number of anilines is 1. The van der Waals surface area contributed by atoms with Crippen LogP contribution >= 0.6 is 0 Å². The summed E-state index contributed by atoms with van der Waals surface area (Å²) in [4.78, 5) is 36.0. The number of rotatable bonds is 8. The zero-order valence-electron chi connectivity index (χ0n) is 18.6. The van der Waals surface area contributed by atoms with Crippen LogP contribution in [0.5, 0.6) is 0 Å². The summed E-state index contributed by atoms with van der Waals surface area (Å²) in [5.74, 6) is -1.60. The molecule has 0 spiro atoms. The van der Waals surface area contributed by atoms with Crippen LogP contribution in [0.4, 0.5) is 5.69 Å². The topological polar surface area (TPSA) is 140 Å². The van der Waals surface area contributed by atoms with Crippen molar-refractivity contribution in [2.75, 3.05) is 11.9 Å². The van der Waals surface area contributed by atoms with Crippen LogP contribution in [0.25, 0.3) is 11.1 Å². The summed E-state index contributed by atoms with van der Waals surface area (Å²) in [7, 11) is 0. The maximum atomic E-state index is 12.4. The molecule has 2 rings (SSSR count). The van der Waals surface area contributed by atoms with Crippen LogP contribution in [0.3, 0.4) is 0 Å². The molecule has 0 aliphatic heterocycles. The Kier molecular flexibility index (Phi) is 8.48. The molecule has 0 aromatic heterocycles. The van der Waals surface area contributed by atoms with Gasteiger partial charge in [-0.3, -0.25) is 19.6 Å². The van der Waals surface area contributed by atoms with Crippen molar-refractivity contribution in [2.24, 2.45) is 0 Å². The van der Waals surface area contributed by atoms with Gasteiger partial charge in [-0.05, 0) is 63.1 Å². The lowest BCUT2D eigenvalue weighted by Gasteiger charge is -2.20. The van der Waals surface area contributed by atoms with Gasteiger partial charge in [0, 0.05) is 16.8 Å². The highest BCUT2D eigenvalue weighted by Crippen LogP contribution is 2.22. The van der Waals surface area contributed by atoms with Crippen LogP contribution in [-0.2, 0) is 9.59 Å². The van der Waals surface area contributed by atoms with E-state index in [9.17, 15) is 19.5 Å². The van der Waals surface area contributed by atoms with Crippen LogP contribution in [0, 0.1) is 0 Å². The fraction of sp³-hybridized carbons (Fsp3) is 0.348. The van der Waals surface area contributed by atoms with E-state index in [2.05, 4.69) is 16.0 Å². The highest BCUT2D eigenvalue weighted by molar-refractivity contribution is 5.98. The second kappa shape index (κ2) is 10.9. The number of hydrogen-bond donors (Lipinski definition) is 6. The van der Waals surface area contributed by atoms with E-state index in [4.69, 9.17) is 5.21 Å². The first-order chi connectivity index (χ1) is 15.0. The lowest BCUT2D eigenvalue weighted by Crippen LogP contribution is -2.51. The third-order valence-electron chi connectivity index (χ3n) is 4.59. The van der Waals surface area contributed by atoms with Crippen LogP contribution in [0.2, 0.25) is 0 Å². The minimum absolute atomic E-state index is 0.131. The molecule has 0 aliphatic rings. The Morgan fingerprint density at radius 3 is 1.94 bits per heavy atom. The summed E-state index contributed by atoms with van der Waals surface area (Å²) in [5.41, 5.74) is 3.99. The molecular formula is C23H30N4O5. The van der Waals surface area contributed by atoms with Crippen LogP contribution in [0.1, 0.15) is 38.1 Å². The highest BCUT2D eigenvalue weighted by Gasteiger charge is 2.25. The number of carbonyl (C=O) groups excluding carboxylic acids is 3. The fourth-order valence-corrected chi connectivity index (χ4v) is 2.81. The van der Waals surface area contributed by atoms with Crippen molar-refractivity contribution in [1.82, 2.24) is 16.1 Å². The van der Waals surface area contributed by atoms with E-state index in [1.807, 2.05) is 32.9 Å². The molecule has 0 saturated carbocycles. The van der Waals surface area contributed by atoms with Gasteiger partial charge in [0.1, 0.15) is 6.04 Å². The first kappa shape index (κ1) is 25.0. The van der Waals surface area contributed by atoms with Gasteiger partial charge in [0.2, 0.25) is 5.91 Å². The second-order valence-corrected chi connectivity index (χ2v) is 8.47. The van der Waals surface area contributed by atoms with Gasteiger partial charge in [-0.2, -0.15) is 0 Å². The smallest absolute Gasteiger partial charge is 0.268 e. The summed E-state index contributed by atoms with van der Waals surface area (Å²) in [6.45, 7) is 7.51. The predicted octanol–water partition coefficient (Wildman–Crippen LogP) is 1.66.